The summed E-state index contributed by atoms with van der Waals surface area (Å²) >= 11 is 1.67. The Bertz CT molecular complexity index is 722. The average Bonchev–Trinajstić information content (AvgIpc) is 3.24. The van der Waals surface area contributed by atoms with E-state index in [-0.39, 0.29) is 23.8 Å². The van der Waals surface area contributed by atoms with E-state index in [2.05, 4.69) is 30.5 Å². The number of anilines is 1. The highest BCUT2D eigenvalue weighted by Crippen LogP contribution is 2.35. The number of aromatic nitrogens is 3. The standard InChI is InChI=1S/C16H19N5O2S/c1-10-19-11(9-24-10)5-21-6-12-13(8-23-14(12)7-21)16(22)20-15-4-17-2-3-18-15/h2-4,9,12-14H,5-8H2,1H3,(H,18,20,22)/t12-,13+,14-/m0/s1. The van der Waals surface area contributed by atoms with Gasteiger partial charge < -0.3 is 10.1 Å². The first-order chi connectivity index (χ1) is 11.7. The van der Waals surface area contributed by atoms with Crippen molar-refractivity contribution < 1.29 is 9.53 Å². The lowest BCUT2D eigenvalue weighted by Crippen LogP contribution is -2.32. The first-order valence-electron chi connectivity index (χ1n) is 8.01. The van der Waals surface area contributed by atoms with Crippen LogP contribution >= 0.6 is 11.3 Å². The molecule has 2 saturated heterocycles. The molecule has 4 heterocycles. The summed E-state index contributed by atoms with van der Waals surface area (Å²) in [5.74, 6) is 0.536. The van der Waals surface area contributed by atoms with Crippen molar-refractivity contribution in [1.29, 1.82) is 0 Å². The van der Waals surface area contributed by atoms with Crippen LogP contribution in [0, 0.1) is 18.8 Å². The van der Waals surface area contributed by atoms with Crippen molar-refractivity contribution in [2.24, 2.45) is 11.8 Å². The van der Waals surface area contributed by atoms with E-state index in [1.165, 1.54) is 0 Å². The van der Waals surface area contributed by atoms with Crippen LogP contribution < -0.4 is 5.32 Å². The van der Waals surface area contributed by atoms with Crippen molar-refractivity contribution in [2.45, 2.75) is 19.6 Å². The number of amides is 1. The van der Waals surface area contributed by atoms with E-state index in [1.807, 2.05) is 6.92 Å². The van der Waals surface area contributed by atoms with Crippen molar-refractivity contribution in [3.8, 4) is 0 Å². The molecule has 2 aromatic heterocycles. The SMILES string of the molecule is Cc1nc(CN2C[C@@H]3[C@H](C2)OC[C@H]3C(=O)Nc2cnccn2)cs1. The van der Waals surface area contributed by atoms with Gasteiger partial charge >= 0.3 is 0 Å². The maximum absolute atomic E-state index is 12.5. The Balaban J connectivity index is 1.38. The number of fused-ring (bicyclic) bond motifs is 1. The Labute approximate surface area is 144 Å². The Morgan fingerprint density at radius 2 is 2.38 bits per heavy atom. The summed E-state index contributed by atoms with van der Waals surface area (Å²) in [6.45, 7) is 5.03. The molecular weight excluding hydrogens is 326 g/mol. The van der Waals surface area contributed by atoms with Crippen LogP contribution in [0.15, 0.2) is 24.0 Å². The van der Waals surface area contributed by atoms with Crippen molar-refractivity contribution >= 4 is 23.1 Å². The molecule has 0 aliphatic carbocycles. The highest BCUT2D eigenvalue weighted by Gasteiger charge is 2.46. The summed E-state index contributed by atoms with van der Waals surface area (Å²) in [5, 5.41) is 6.03. The first kappa shape index (κ1) is 15.6. The summed E-state index contributed by atoms with van der Waals surface area (Å²) in [5.41, 5.74) is 1.10. The van der Waals surface area contributed by atoms with Crippen LogP contribution in [0.25, 0.3) is 0 Å². The highest BCUT2D eigenvalue weighted by atomic mass is 32.1. The normalized spacial score (nSPS) is 26.5. The zero-order chi connectivity index (χ0) is 16.5. The van der Waals surface area contributed by atoms with Crippen LogP contribution in [0.3, 0.4) is 0 Å². The van der Waals surface area contributed by atoms with Gasteiger partial charge in [0, 0.05) is 43.3 Å². The zero-order valence-electron chi connectivity index (χ0n) is 13.4. The summed E-state index contributed by atoms with van der Waals surface area (Å²) < 4.78 is 5.87. The fourth-order valence-corrected chi connectivity index (χ4v) is 4.09. The molecule has 2 aliphatic rings. The van der Waals surface area contributed by atoms with E-state index in [0.29, 0.717) is 12.4 Å². The number of aryl methyl sites for hydroxylation is 1. The molecule has 1 amide bonds. The number of likely N-dealkylation sites (tertiary alicyclic amines) is 1. The van der Waals surface area contributed by atoms with Crippen LogP contribution in [-0.4, -0.2) is 51.6 Å². The molecule has 7 nitrogen and oxygen atoms in total. The Morgan fingerprint density at radius 3 is 3.12 bits per heavy atom. The second-order valence-electron chi connectivity index (χ2n) is 6.27. The fraction of sp³-hybridized carbons (Fsp3) is 0.500. The number of thiazole rings is 1. The van der Waals surface area contributed by atoms with Gasteiger partial charge in [0.15, 0.2) is 5.82 Å². The van der Waals surface area contributed by atoms with Gasteiger partial charge in [-0.2, -0.15) is 0 Å². The van der Waals surface area contributed by atoms with E-state index in [1.54, 1.807) is 29.9 Å². The van der Waals surface area contributed by atoms with Crippen molar-refractivity contribution in [3.63, 3.8) is 0 Å². The smallest absolute Gasteiger partial charge is 0.231 e. The van der Waals surface area contributed by atoms with Crippen LogP contribution in [0.1, 0.15) is 10.7 Å². The van der Waals surface area contributed by atoms with Crippen molar-refractivity contribution in [3.05, 3.63) is 34.7 Å². The molecule has 1 N–H and O–H groups in total. The number of nitrogens with zero attached hydrogens (tertiary/aromatic N) is 4. The second-order valence-corrected chi connectivity index (χ2v) is 7.34. The number of nitrogens with one attached hydrogen (secondary N) is 1. The van der Waals surface area contributed by atoms with E-state index >= 15 is 0 Å². The summed E-state index contributed by atoms with van der Waals surface area (Å²) in [7, 11) is 0. The lowest BCUT2D eigenvalue weighted by molar-refractivity contribution is -0.120. The van der Waals surface area contributed by atoms with Gasteiger partial charge in [-0.25, -0.2) is 9.97 Å². The summed E-state index contributed by atoms with van der Waals surface area (Å²) in [4.78, 5) is 27.4. The molecule has 2 aliphatic heterocycles. The van der Waals surface area contributed by atoms with Gasteiger partial charge in [-0.1, -0.05) is 0 Å². The van der Waals surface area contributed by atoms with Crippen LogP contribution in [-0.2, 0) is 16.1 Å². The molecular formula is C16H19N5O2S. The molecule has 4 rings (SSSR count). The molecule has 0 bridgehead atoms. The molecule has 0 saturated carbocycles. The summed E-state index contributed by atoms with van der Waals surface area (Å²) in [6.07, 6.45) is 4.83. The zero-order valence-corrected chi connectivity index (χ0v) is 14.2. The Hall–Kier alpha value is -1.90. The van der Waals surface area contributed by atoms with Gasteiger partial charge in [-0.3, -0.25) is 14.7 Å². The third kappa shape index (κ3) is 3.17. The molecule has 126 valence electrons. The lowest BCUT2D eigenvalue weighted by Gasteiger charge is -2.18. The van der Waals surface area contributed by atoms with Crippen LogP contribution in [0.5, 0.6) is 0 Å². The van der Waals surface area contributed by atoms with E-state index in [0.717, 1.165) is 30.3 Å². The van der Waals surface area contributed by atoms with Gasteiger partial charge in [-0.15, -0.1) is 11.3 Å². The minimum atomic E-state index is -0.140. The minimum Gasteiger partial charge on any atom is -0.376 e. The van der Waals surface area contributed by atoms with E-state index in [4.69, 9.17) is 4.74 Å². The largest absolute Gasteiger partial charge is 0.376 e. The first-order valence-corrected chi connectivity index (χ1v) is 8.89. The molecule has 2 aromatic rings. The number of rotatable bonds is 4. The molecule has 8 heteroatoms. The second kappa shape index (κ2) is 6.54. The van der Waals surface area contributed by atoms with Gasteiger partial charge in [0.25, 0.3) is 0 Å². The molecule has 3 atom stereocenters. The molecule has 0 aromatic carbocycles. The lowest BCUT2D eigenvalue weighted by atomic mass is 9.92. The predicted molar refractivity (Wildman–Crippen MR) is 89.5 cm³/mol. The average molecular weight is 345 g/mol. The monoisotopic (exact) mass is 345 g/mol. The number of hydrogen-bond donors (Lipinski definition) is 1. The number of hydrogen-bond acceptors (Lipinski definition) is 7. The minimum absolute atomic E-state index is 0.0330. The molecule has 0 unspecified atom stereocenters. The highest BCUT2D eigenvalue weighted by molar-refractivity contribution is 7.09. The summed E-state index contributed by atoms with van der Waals surface area (Å²) in [6, 6.07) is 0. The third-order valence-electron chi connectivity index (χ3n) is 4.59. The van der Waals surface area contributed by atoms with Gasteiger partial charge in [0.05, 0.1) is 35.5 Å². The maximum Gasteiger partial charge on any atom is 0.231 e. The molecule has 0 radical (unpaired) electrons. The fourth-order valence-electron chi connectivity index (χ4n) is 3.49. The number of carbonyl (C=O) groups excluding carboxylic acids is 1. The van der Waals surface area contributed by atoms with E-state index in [9.17, 15) is 4.79 Å². The molecule has 24 heavy (non-hydrogen) atoms. The quantitative estimate of drug-likeness (QED) is 0.900. The van der Waals surface area contributed by atoms with Gasteiger partial charge in [0.2, 0.25) is 5.91 Å². The van der Waals surface area contributed by atoms with Crippen molar-refractivity contribution in [2.75, 3.05) is 25.0 Å². The molecule has 0 spiro atoms. The van der Waals surface area contributed by atoms with Crippen molar-refractivity contribution in [1.82, 2.24) is 19.9 Å². The third-order valence-corrected chi connectivity index (χ3v) is 5.42. The van der Waals surface area contributed by atoms with Crippen LogP contribution in [0.2, 0.25) is 0 Å². The van der Waals surface area contributed by atoms with Gasteiger partial charge in [0.1, 0.15) is 0 Å². The topological polar surface area (TPSA) is 80.2 Å². The van der Waals surface area contributed by atoms with E-state index < -0.39 is 0 Å². The Morgan fingerprint density at radius 1 is 1.46 bits per heavy atom. The Kier molecular flexibility index (Phi) is 4.26. The van der Waals surface area contributed by atoms with Crippen LogP contribution in [0.4, 0.5) is 5.82 Å². The van der Waals surface area contributed by atoms with Gasteiger partial charge in [-0.05, 0) is 6.92 Å². The number of carbonyl (C=O) groups is 1. The molecule has 2 fully saturated rings. The number of ether oxygens (including phenoxy) is 1. The maximum atomic E-state index is 12.5. The predicted octanol–water partition coefficient (Wildman–Crippen LogP) is 1.33.